The largest absolute Gasteiger partial charge is 0.508 e. The summed E-state index contributed by atoms with van der Waals surface area (Å²) in [5.41, 5.74) is 7.24. The fraction of sp³-hybridized carbons (Fsp3) is 0.562. The van der Waals surface area contributed by atoms with Crippen molar-refractivity contribution >= 4 is 5.91 Å². The number of phenols is 1. The van der Waals surface area contributed by atoms with Gasteiger partial charge >= 0.3 is 0 Å². The third-order valence-electron chi connectivity index (χ3n) is 4.10. The zero-order valence-electron chi connectivity index (χ0n) is 12.1. The first-order valence-electron chi connectivity index (χ1n) is 7.36. The Balaban J connectivity index is 1.78. The lowest BCUT2D eigenvalue weighted by Crippen LogP contribution is -2.44. The van der Waals surface area contributed by atoms with E-state index in [9.17, 15) is 9.90 Å². The predicted molar refractivity (Wildman–Crippen MR) is 79.4 cm³/mol. The quantitative estimate of drug-likeness (QED) is 0.712. The molecule has 0 aromatic heterocycles. The first-order chi connectivity index (χ1) is 9.54. The van der Waals surface area contributed by atoms with Gasteiger partial charge in [-0.15, -0.1) is 0 Å². The van der Waals surface area contributed by atoms with Crippen molar-refractivity contribution in [1.29, 1.82) is 0 Å². The molecule has 0 radical (unpaired) electrons. The molecule has 4 N–H and O–H groups in total. The van der Waals surface area contributed by atoms with Gasteiger partial charge in [-0.25, -0.2) is 0 Å². The number of carbonyl (C=O) groups is 1. The van der Waals surface area contributed by atoms with Gasteiger partial charge in [0.1, 0.15) is 5.75 Å². The summed E-state index contributed by atoms with van der Waals surface area (Å²) in [6, 6.07) is 6.28. The number of benzene rings is 1. The molecule has 4 nitrogen and oxygen atoms in total. The molecule has 1 aromatic rings. The Labute approximate surface area is 120 Å². The van der Waals surface area contributed by atoms with E-state index in [1.54, 1.807) is 24.3 Å². The molecule has 1 fully saturated rings. The standard InChI is InChI=1S/C16H24N2O2/c1-2-7-16(8-9-16)11-18-15(20)14(17)10-12-3-5-13(19)6-4-12/h3-6,14,19H,2,7-11,17H2,1H3,(H,18,20)/t14-/m1/s1. The topological polar surface area (TPSA) is 75.4 Å². The smallest absolute Gasteiger partial charge is 0.237 e. The van der Waals surface area contributed by atoms with Crippen LogP contribution in [-0.2, 0) is 11.2 Å². The first-order valence-corrected chi connectivity index (χ1v) is 7.36. The highest BCUT2D eigenvalue weighted by Gasteiger charge is 2.41. The van der Waals surface area contributed by atoms with Crippen LogP contribution in [0.15, 0.2) is 24.3 Å². The fourth-order valence-electron chi connectivity index (χ4n) is 2.61. The Morgan fingerprint density at radius 3 is 2.60 bits per heavy atom. The normalized spacial score (nSPS) is 17.5. The number of aromatic hydroxyl groups is 1. The van der Waals surface area contributed by atoms with Crippen LogP contribution in [0.25, 0.3) is 0 Å². The van der Waals surface area contributed by atoms with Crippen LogP contribution in [0, 0.1) is 5.41 Å². The monoisotopic (exact) mass is 276 g/mol. The highest BCUT2D eigenvalue weighted by atomic mass is 16.3. The molecule has 0 spiro atoms. The Bertz CT molecular complexity index is 452. The lowest BCUT2D eigenvalue weighted by Gasteiger charge is -2.17. The minimum atomic E-state index is -0.531. The van der Waals surface area contributed by atoms with Crippen LogP contribution in [0.5, 0.6) is 5.75 Å². The highest BCUT2D eigenvalue weighted by molar-refractivity contribution is 5.81. The summed E-state index contributed by atoms with van der Waals surface area (Å²) < 4.78 is 0. The van der Waals surface area contributed by atoms with Gasteiger partial charge in [-0.1, -0.05) is 25.5 Å². The second-order valence-electron chi connectivity index (χ2n) is 5.94. The van der Waals surface area contributed by atoms with E-state index >= 15 is 0 Å². The van der Waals surface area contributed by atoms with Crippen LogP contribution in [-0.4, -0.2) is 23.6 Å². The minimum Gasteiger partial charge on any atom is -0.508 e. The van der Waals surface area contributed by atoms with E-state index in [1.807, 2.05) is 0 Å². The second-order valence-corrected chi connectivity index (χ2v) is 5.94. The van der Waals surface area contributed by atoms with Gasteiger partial charge in [-0.2, -0.15) is 0 Å². The molecule has 0 unspecified atom stereocenters. The third kappa shape index (κ3) is 3.97. The maximum atomic E-state index is 12.0. The Kier molecular flexibility index (Phi) is 4.65. The van der Waals surface area contributed by atoms with Crippen molar-refractivity contribution in [3.8, 4) is 5.75 Å². The molecule has 110 valence electrons. The summed E-state index contributed by atoms with van der Waals surface area (Å²) in [6.45, 7) is 2.93. The van der Waals surface area contributed by atoms with Gasteiger partial charge in [-0.05, 0) is 48.8 Å². The summed E-state index contributed by atoms with van der Waals surface area (Å²) in [6.07, 6.45) is 5.27. The van der Waals surface area contributed by atoms with E-state index in [1.165, 1.54) is 19.3 Å². The SMILES string of the molecule is CCCC1(CNC(=O)[C@H](N)Cc2ccc(O)cc2)CC1. The number of nitrogens with two attached hydrogens (primary N) is 1. The fourth-order valence-corrected chi connectivity index (χ4v) is 2.61. The number of phenolic OH excluding ortho intramolecular Hbond substituents is 1. The van der Waals surface area contributed by atoms with Gasteiger partial charge in [0, 0.05) is 6.54 Å². The van der Waals surface area contributed by atoms with Gasteiger partial charge in [0.05, 0.1) is 6.04 Å². The second kappa shape index (κ2) is 6.27. The number of amides is 1. The van der Waals surface area contributed by atoms with E-state index in [-0.39, 0.29) is 11.7 Å². The van der Waals surface area contributed by atoms with E-state index in [0.29, 0.717) is 11.8 Å². The molecule has 0 heterocycles. The van der Waals surface area contributed by atoms with Gasteiger partial charge in [-0.3, -0.25) is 4.79 Å². The molecular formula is C16H24N2O2. The van der Waals surface area contributed by atoms with Crippen LogP contribution < -0.4 is 11.1 Å². The maximum Gasteiger partial charge on any atom is 0.237 e. The summed E-state index contributed by atoms with van der Waals surface area (Å²) in [5.74, 6) is 0.141. The van der Waals surface area contributed by atoms with E-state index < -0.39 is 6.04 Å². The number of rotatable bonds is 7. The summed E-state index contributed by atoms with van der Waals surface area (Å²) in [4.78, 5) is 12.0. The highest BCUT2D eigenvalue weighted by Crippen LogP contribution is 2.48. The van der Waals surface area contributed by atoms with Gasteiger partial charge in [0.15, 0.2) is 0 Å². The molecular weight excluding hydrogens is 252 g/mol. The van der Waals surface area contributed by atoms with Gasteiger partial charge < -0.3 is 16.2 Å². The zero-order valence-corrected chi connectivity index (χ0v) is 12.1. The lowest BCUT2D eigenvalue weighted by atomic mass is 10.0. The Hall–Kier alpha value is -1.55. The Morgan fingerprint density at radius 2 is 2.05 bits per heavy atom. The summed E-state index contributed by atoms with van der Waals surface area (Å²) in [7, 11) is 0. The van der Waals surface area contributed by atoms with Gasteiger partial charge in [0.2, 0.25) is 5.91 Å². The molecule has 20 heavy (non-hydrogen) atoms. The van der Waals surface area contributed by atoms with Crippen molar-refractivity contribution in [3.63, 3.8) is 0 Å². The van der Waals surface area contributed by atoms with E-state index in [4.69, 9.17) is 5.73 Å². The number of carbonyl (C=O) groups excluding carboxylic acids is 1. The maximum absolute atomic E-state index is 12.0. The molecule has 1 aliphatic carbocycles. The van der Waals surface area contributed by atoms with Crippen molar-refractivity contribution < 1.29 is 9.90 Å². The number of hydrogen-bond donors (Lipinski definition) is 3. The predicted octanol–water partition coefficient (Wildman–Crippen LogP) is 1.96. The molecule has 1 saturated carbocycles. The van der Waals surface area contributed by atoms with Gasteiger partial charge in [0.25, 0.3) is 0 Å². The summed E-state index contributed by atoms with van der Waals surface area (Å²) >= 11 is 0. The average molecular weight is 276 g/mol. The minimum absolute atomic E-state index is 0.0829. The molecule has 1 aliphatic rings. The molecule has 1 amide bonds. The van der Waals surface area contributed by atoms with Crippen molar-refractivity contribution in [1.82, 2.24) is 5.32 Å². The van der Waals surface area contributed by atoms with Crippen molar-refractivity contribution in [2.45, 2.75) is 45.1 Å². The third-order valence-corrected chi connectivity index (χ3v) is 4.10. The van der Waals surface area contributed by atoms with Crippen molar-refractivity contribution in [2.75, 3.05) is 6.54 Å². The molecule has 0 bridgehead atoms. The number of nitrogens with one attached hydrogen (secondary N) is 1. The first kappa shape index (κ1) is 14.9. The molecule has 2 rings (SSSR count). The lowest BCUT2D eigenvalue weighted by molar-refractivity contribution is -0.122. The van der Waals surface area contributed by atoms with Crippen LogP contribution in [0.3, 0.4) is 0 Å². The van der Waals surface area contributed by atoms with E-state index in [0.717, 1.165) is 18.5 Å². The Morgan fingerprint density at radius 1 is 1.40 bits per heavy atom. The van der Waals surface area contributed by atoms with Crippen LogP contribution in [0.2, 0.25) is 0 Å². The molecule has 4 heteroatoms. The average Bonchev–Trinajstić information content (AvgIpc) is 3.19. The number of hydrogen-bond acceptors (Lipinski definition) is 3. The van der Waals surface area contributed by atoms with Crippen LogP contribution in [0.4, 0.5) is 0 Å². The molecule has 1 aromatic carbocycles. The van der Waals surface area contributed by atoms with Crippen LogP contribution >= 0.6 is 0 Å². The zero-order chi connectivity index (χ0) is 14.6. The van der Waals surface area contributed by atoms with Crippen LogP contribution in [0.1, 0.15) is 38.2 Å². The van der Waals surface area contributed by atoms with Crippen molar-refractivity contribution in [3.05, 3.63) is 29.8 Å². The molecule has 0 saturated heterocycles. The van der Waals surface area contributed by atoms with Crippen molar-refractivity contribution in [2.24, 2.45) is 11.1 Å². The summed E-state index contributed by atoms with van der Waals surface area (Å²) in [5, 5.41) is 12.2. The van der Waals surface area contributed by atoms with E-state index in [2.05, 4.69) is 12.2 Å². The molecule has 1 atom stereocenters. The molecule has 0 aliphatic heterocycles.